The quantitative estimate of drug-likeness (QED) is 0.844. The van der Waals surface area contributed by atoms with Crippen molar-refractivity contribution in [3.63, 3.8) is 0 Å². The van der Waals surface area contributed by atoms with E-state index >= 15 is 0 Å². The molecule has 1 aliphatic heterocycles. The average molecular weight is 317 g/mol. The molecular formula is C18H21ClN2O. The fourth-order valence-corrected chi connectivity index (χ4v) is 3.04. The molecule has 3 nitrogen and oxygen atoms in total. The van der Waals surface area contributed by atoms with Crippen molar-refractivity contribution in [3.8, 4) is 5.75 Å². The summed E-state index contributed by atoms with van der Waals surface area (Å²) in [7, 11) is 0. The molecule has 116 valence electrons. The van der Waals surface area contributed by atoms with E-state index in [-0.39, 0.29) is 0 Å². The molecule has 0 aliphatic carbocycles. The molecule has 2 aromatic rings. The molecule has 0 aromatic heterocycles. The first-order valence-corrected chi connectivity index (χ1v) is 8.12. The summed E-state index contributed by atoms with van der Waals surface area (Å²) in [6.45, 7) is 2.65. The van der Waals surface area contributed by atoms with Crippen LogP contribution in [0, 0.1) is 0 Å². The molecule has 0 spiro atoms. The number of anilines is 2. The molecule has 0 saturated carbocycles. The van der Waals surface area contributed by atoms with Gasteiger partial charge in [0.05, 0.1) is 5.69 Å². The van der Waals surface area contributed by atoms with Crippen molar-refractivity contribution in [2.24, 2.45) is 0 Å². The number of ether oxygens (including phenoxy) is 1. The van der Waals surface area contributed by atoms with Crippen LogP contribution in [-0.4, -0.2) is 13.1 Å². The molecule has 0 amide bonds. The van der Waals surface area contributed by atoms with E-state index in [0.29, 0.717) is 6.61 Å². The third kappa shape index (κ3) is 3.66. The zero-order valence-electron chi connectivity index (χ0n) is 12.6. The maximum Gasteiger partial charge on any atom is 0.145 e. The van der Waals surface area contributed by atoms with E-state index < -0.39 is 0 Å². The lowest BCUT2D eigenvalue weighted by Crippen LogP contribution is -2.29. The number of nitrogens with two attached hydrogens (primary N) is 1. The van der Waals surface area contributed by atoms with Crippen LogP contribution in [0.5, 0.6) is 5.75 Å². The minimum Gasteiger partial charge on any atom is -0.487 e. The van der Waals surface area contributed by atoms with E-state index in [0.717, 1.165) is 40.8 Å². The number of hydrogen-bond acceptors (Lipinski definition) is 3. The summed E-state index contributed by atoms with van der Waals surface area (Å²) in [6, 6.07) is 13.7. The van der Waals surface area contributed by atoms with Gasteiger partial charge < -0.3 is 15.4 Å². The second-order valence-electron chi connectivity index (χ2n) is 5.69. The molecule has 2 N–H and O–H groups in total. The fraction of sp³-hybridized carbons (Fsp3) is 0.333. The van der Waals surface area contributed by atoms with Crippen LogP contribution >= 0.6 is 11.6 Å². The van der Waals surface area contributed by atoms with E-state index in [4.69, 9.17) is 22.1 Å². The smallest absolute Gasteiger partial charge is 0.145 e. The number of halogens is 1. The maximum absolute atomic E-state index is 6.03. The average Bonchev–Trinajstić information content (AvgIpc) is 2.54. The lowest BCUT2D eigenvalue weighted by Gasteiger charge is -2.30. The molecule has 1 heterocycles. The van der Waals surface area contributed by atoms with Gasteiger partial charge in [0, 0.05) is 29.9 Å². The highest BCUT2D eigenvalue weighted by atomic mass is 35.5. The van der Waals surface area contributed by atoms with Crippen LogP contribution in [0.1, 0.15) is 24.8 Å². The van der Waals surface area contributed by atoms with Crippen molar-refractivity contribution < 1.29 is 4.74 Å². The van der Waals surface area contributed by atoms with Crippen LogP contribution in [0.4, 0.5) is 11.4 Å². The Balaban J connectivity index is 1.78. The van der Waals surface area contributed by atoms with Gasteiger partial charge in [-0.25, -0.2) is 0 Å². The van der Waals surface area contributed by atoms with Gasteiger partial charge in [-0.15, -0.1) is 0 Å². The lowest BCUT2D eigenvalue weighted by atomic mass is 10.1. The zero-order chi connectivity index (χ0) is 15.4. The molecular weight excluding hydrogens is 296 g/mol. The molecule has 4 heteroatoms. The van der Waals surface area contributed by atoms with Crippen LogP contribution < -0.4 is 15.4 Å². The van der Waals surface area contributed by atoms with Gasteiger partial charge in [0.25, 0.3) is 0 Å². The van der Waals surface area contributed by atoms with Crippen molar-refractivity contribution >= 4 is 23.0 Å². The highest BCUT2D eigenvalue weighted by Gasteiger charge is 2.15. The SMILES string of the molecule is Nc1ccc(N2CCCCC2)c(OCc2cccc(Cl)c2)c1. The first-order chi connectivity index (χ1) is 10.7. The Hall–Kier alpha value is -1.87. The van der Waals surface area contributed by atoms with Gasteiger partial charge in [-0.05, 0) is 49.1 Å². The summed E-state index contributed by atoms with van der Waals surface area (Å²) in [4.78, 5) is 2.39. The molecule has 0 bridgehead atoms. The Morgan fingerprint density at radius 2 is 1.86 bits per heavy atom. The summed E-state index contributed by atoms with van der Waals surface area (Å²) in [5.41, 5.74) is 8.84. The monoisotopic (exact) mass is 316 g/mol. The van der Waals surface area contributed by atoms with Crippen molar-refractivity contribution in [1.82, 2.24) is 0 Å². The van der Waals surface area contributed by atoms with Crippen molar-refractivity contribution in [2.45, 2.75) is 25.9 Å². The van der Waals surface area contributed by atoms with Gasteiger partial charge in [0.2, 0.25) is 0 Å². The van der Waals surface area contributed by atoms with E-state index in [1.54, 1.807) is 0 Å². The van der Waals surface area contributed by atoms with Crippen LogP contribution in [0.3, 0.4) is 0 Å². The Morgan fingerprint density at radius 1 is 1.05 bits per heavy atom. The molecule has 22 heavy (non-hydrogen) atoms. The highest BCUT2D eigenvalue weighted by molar-refractivity contribution is 6.30. The number of benzene rings is 2. The Morgan fingerprint density at radius 3 is 2.64 bits per heavy atom. The number of piperidine rings is 1. The predicted molar refractivity (Wildman–Crippen MR) is 92.7 cm³/mol. The standard InChI is InChI=1S/C18H21ClN2O/c19-15-6-4-5-14(11-15)13-22-18-12-16(20)7-8-17(18)21-9-2-1-3-10-21/h4-8,11-12H,1-3,9-10,13,20H2. The normalized spacial score (nSPS) is 14.9. The van der Waals surface area contributed by atoms with E-state index in [2.05, 4.69) is 11.0 Å². The van der Waals surface area contributed by atoms with Gasteiger partial charge in [0.1, 0.15) is 12.4 Å². The third-order valence-electron chi connectivity index (χ3n) is 3.96. The Bertz CT molecular complexity index is 639. The van der Waals surface area contributed by atoms with Gasteiger partial charge in [0.15, 0.2) is 0 Å². The lowest BCUT2D eigenvalue weighted by molar-refractivity contribution is 0.306. The first-order valence-electron chi connectivity index (χ1n) is 7.74. The minimum absolute atomic E-state index is 0.491. The molecule has 0 radical (unpaired) electrons. The summed E-state index contributed by atoms with van der Waals surface area (Å²) >= 11 is 6.02. The maximum atomic E-state index is 6.03. The Labute approximate surface area is 136 Å². The summed E-state index contributed by atoms with van der Waals surface area (Å²) < 4.78 is 6.03. The number of rotatable bonds is 4. The topological polar surface area (TPSA) is 38.5 Å². The second kappa shape index (κ2) is 6.93. The minimum atomic E-state index is 0.491. The van der Waals surface area contributed by atoms with Gasteiger partial charge in [-0.1, -0.05) is 23.7 Å². The van der Waals surface area contributed by atoms with E-state index in [1.807, 2.05) is 36.4 Å². The van der Waals surface area contributed by atoms with E-state index in [1.165, 1.54) is 19.3 Å². The molecule has 1 aliphatic rings. The number of nitrogens with zero attached hydrogens (tertiary/aromatic N) is 1. The van der Waals surface area contributed by atoms with Crippen LogP contribution in [0.2, 0.25) is 5.02 Å². The number of hydrogen-bond donors (Lipinski definition) is 1. The largest absolute Gasteiger partial charge is 0.487 e. The van der Waals surface area contributed by atoms with Gasteiger partial charge in [-0.2, -0.15) is 0 Å². The first kappa shape index (κ1) is 15.0. The van der Waals surface area contributed by atoms with Gasteiger partial charge in [-0.3, -0.25) is 0 Å². The van der Waals surface area contributed by atoms with Crippen molar-refractivity contribution in [3.05, 3.63) is 53.1 Å². The third-order valence-corrected chi connectivity index (χ3v) is 4.20. The van der Waals surface area contributed by atoms with Crippen LogP contribution in [-0.2, 0) is 6.61 Å². The van der Waals surface area contributed by atoms with Crippen molar-refractivity contribution in [2.75, 3.05) is 23.7 Å². The molecule has 2 aromatic carbocycles. The molecule has 1 fully saturated rings. The summed E-state index contributed by atoms with van der Waals surface area (Å²) in [6.07, 6.45) is 3.78. The summed E-state index contributed by atoms with van der Waals surface area (Å²) in [5.74, 6) is 0.849. The van der Waals surface area contributed by atoms with Crippen LogP contribution in [0.15, 0.2) is 42.5 Å². The number of nitrogen functional groups attached to an aromatic ring is 1. The Kier molecular flexibility index (Phi) is 4.74. The highest BCUT2D eigenvalue weighted by Crippen LogP contribution is 2.33. The van der Waals surface area contributed by atoms with E-state index in [9.17, 15) is 0 Å². The molecule has 0 atom stereocenters. The zero-order valence-corrected chi connectivity index (χ0v) is 13.4. The molecule has 0 unspecified atom stereocenters. The predicted octanol–water partition coefficient (Wildman–Crippen LogP) is 4.49. The molecule has 3 rings (SSSR count). The fourth-order valence-electron chi connectivity index (χ4n) is 2.83. The van der Waals surface area contributed by atoms with Crippen LogP contribution in [0.25, 0.3) is 0 Å². The van der Waals surface area contributed by atoms with Gasteiger partial charge >= 0.3 is 0 Å². The second-order valence-corrected chi connectivity index (χ2v) is 6.13. The van der Waals surface area contributed by atoms with Crippen molar-refractivity contribution in [1.29, 1.82) is 0 Å². The molecule has 1 saturated heterocycles. The summed E-state index contributed by atoms with van der Waals surface area (Å²) in [5, 5.41) is 0.727.